The van der Waals surface area contributed by atoms with E-state index >= 15 is 0 Å². The first kappa shape index (κ1) is 14.6. The van der Waals surface area contributed by atoms with Crippen LogP contribution >= 0.6 is 0 Å². The highest BCUT2D eigenvalue weighted by atomic mass is 15.2. The Morgan fingerprint density at radius 3 is 2.29 bits per heavy atom. The fourth-order valence-corrected chi connectivity index (χ4v) is 4.19. The highest BCUT2D eigenvalue weighted by Crippen LogP contribution is 2.39. The summed E-state index contributed by atoms with van der Waals surface area (Å²) in [6, 6.07) is 15.5. The molecule has 2 heteroatoms. The zero-order chi connectivity index (χ0) is 14.8. The van der Waals surface area contributed by atoms with Crippen LogP contribution in [0, 0.1) is 17.8 Å². The van der Waals surface area contributed by atoms with Crippen LogP contribution in [0.3, 0.4) is 0 Å². The van der Waals surface area contributed by atoms with Gasteiger partial charge in [0.2, 0.25) is 0 Å². The third-order valence-corrected chi connectivity index (χ3v) is 5.00. The summed E-state index contributed by atoms with van der Waals surface area (Å²) in [5.41, 5.74) is 4.42. The van der Waals surface area contributed by atoms with Crippen LogP contribution in [-0.2, 0) is 0 Å². The monoisotopic (exact) mass is 282 g/mol. The number of hydrazine groups is 1. The molecule has 1 fully saturated rings. The molecule has 0 spiro atoms. The van der Waals surface area contributed by atoms with Gasteiger partial charge >= 0.3 is 0 Å². The molecule has 3 N–H and O–H groups in total. The molecule has 2 nitrogen and oxygen atoms in total. The second-order valence-electron chi connectivity index (χ2n) is 6.93. The molecule has 21 heavy (non-hydrogen) atoms. The van der Waals surface area contributed by atoms with Gasteiger partial charge in [-0.25, -0.2) is 0 Å². The molecular weight excluding hydrogens is 256 g/mol. The molecule has 0 aromatic heterocycles. The Hall–Kier alpha value is -1.38. The van der Waals surface area contributed by atoms with Crippen molar-refractivity contribution in [3.63, 3.8) is 0 Å². The molecule has 0 radical (unpaired) electrons. The Morgan fingerprint density at radius 2 is 1.62 bits per heavy atom. The molecular formula is C19H26N2. The average Bonchev–Trinajstić information content (AvgIpc) is 2.47. The van der Waals surface area contributed by atoms with E-state index < -0.39 is 0 Å². The number of nitrogens with two attached hydrogens (primary N) is 1. The molecule has 2 aromatic rings. The molecule has 0 amide bonds. The van der Waals surface area contributed by atoms with Gasteiger partial charge in [0, 0.05) is 6.04 Å². The van der Waals surface area contributed by atoms with Crippen LogP contribution in [0.5, 0.6) is 0 Å². The molecule has 3 atom stereocenters. The summed E-state index contributed by atoms with van der Waals surface area (Å²) in [6.07, 6.45) is 3.89. The number of benzene rings is 2. The lowest BCUT2D eigenvalue weighted by Crippen LogP contribution is -2.37. The Morgan fingerprint density at radius 1 is 0.952 bits per heavy atom. The maximum absolute atomic E-state index is 5.92. The van der Waals surface area contributed by atoms with Gasteiger partial charge in [0.25, 0.3) is 0 Å². The maximum atomic E-state index is 5.92. The summed E-state index contributed by atoms with van der Waals surface area (Å²) in [5, 5.41) is 2.59. The van der Waals surface area contributed by atoms with Crippen molar-refractivity contribution in [2.24, 2.45) is 23.6 Å². The van der Waals surface area contributed by atoms with Gasteiger partial charge < -0.3 is 0 Å². The quantitative estimate of drug-likeness (QED) is 0.646. The topological polar surface area (TPSA) is 38.0 Å². The normalized spacial score (nSPS) is 27.7. The molecule has 0 saturated heterocycles. The molecule has 3 unspecified atom stereocenters. The van der Waals surface area contributed by atoms with Gasteiger partial charge in [0.05, 0.1) is 0 Å². The van der Waals surface area contributed by atoms with Gasteiger partial charge in [-0.15, -0.1) is 0 Å². The van der Waals surface area contributed by atoms with E-state index in [0.29, 0.717) is 5.92 Å². The average molecular weight is 282 g/mol. The van der Waals surface area contributed by atoms with E-state index in [1.54, 1.807) is 0 Å². The molecule has 0 bridgehead atoms. The van der Waals surface area contributed by atoms with Crippen LogP contribution in [0.25, 0.3) is 10.8 Å². The van der Waals surface area contributed by atoms with Crippen LogP contribution in [0.15, 0.2) is 42.5 Å². The minimum atomic E-state index is 0.264. The van der Waals surface area contributed by atoms with Gasteiger partial charge in [-0.05, 0) is 59.4 Å². The fourth-order valence-electron chi connectivity index (χ4n) is 4.19. The summed E-state index contributed by atoms with van der Waals surface area (Å²) in [7, 11) is 0. The molecule has 112 valence electrons. The first-order valence-corrected chi connectivity index (χ1v) is 8.12. The maximum Gasteiger partial charge on any atom is 0.0488 e. The van der Waals surface area contributed by atoms with Crippen molar-refractivity contribution in [3.05, 3.63) is 48.0 Å². The molecule has 3 rings (SSSR count). The molecule has 1 saturated carbocycles. The zero-order valence-electron chi connectivity index (χ0n) is 13.0. The summed E-state index contributed by atoms with van der Waals surface area (Å²) >= 11 is 0. The van der Waals surface area contributed by atoms with Crippen molar-refractivity contribution >= 4 is 10.8 Å². The first-order chi connectivity index (χ1) is 10.2. The highest BCUT2D eigenvalue weighted by Gasteiger charge is 2.30. The highest BCUT2D eigenvalue weighted by molar-refractivity contribution is 5.83. The van der Waals surface area contributed by atoms with Crippen LogP contribution < -0.4 is 11.3 Å². The van der Waals surface area contributed by atoms with Gasteiger partial charge in [-0.1, -0.05) is 50.2 Å². The zero-order valence-corrected chi connectivity index (χ0v) is 13.0. The van der Waals surface area contributed by atoms with Crippen molar-refractivity contribution in [1.82, 2.24) is 5.43 Å². The van der Waals surface area contributed by atoms with Crippen molar-refractivity contribution in [1.29, 1.82) is 0 Å². The lowest BCUT2D eigenvalue weighted by molar-refractivity contribution is 0.177. The third-order valence-electron chi connectivity index (χ3n) is 5.00. The lowest BCUT2D eigenvalue weighted by Gasteiger charge is -2.36. The van der Waals surface area contributed by atoms with Crippen molar-refractivity contribution in [3.8, 4) is 0 Å². The first-order valence-electron chi connectivity index (χ1n) is 8.12. The fraction of sp³-hybridized carbons (Fsp3) is 0.474. The molecule has 1 aliphatic rings. The van der Waals surface area contributed by atoms with E-state index in [9.17, 15) is 0 Å². The predicted molar refractivity (Wildman–Crippen MR) is 89.7 cm³/mol. The minimum Gasteiger partial charge on any atom is -0.271 e. The van der Waals surface area contributed by atoms with Crippen LogP contribution in [-0.4, -0.2) is 0 Å². The van der Waals surface area contributed by atoms with E-state index in [1.807, 2.05) is 0 Å². The number of nitrogens with one attached hydrogen (secondary N) is 1. The summed E-state index contributed by atoms with van der Waals surface area (Å²) in [5.74, 6) is 8.16. The van der Waals surface area contributed by atoms with Gasteiger partial charge in [-0.2, -0.15) is 0 Å². The van der Waals surface area contributed by atoms with Gasteiger partial charge in [-0.3, -0.25) is 11.3 Å². The van der Waals surface area contributed by atoms with Gasteiger partial charge in [0.1, 0.15) is 0 Å². The minimum absolute atomic E-state index is 0.264. The van der Waals surface area contributed by atoms with Crippen LogP contribution in [0.2, 0.25) is 0 Å². The summed E-state index contributed by atoms with van der Waals surface area (Å²) < 4.78 is 0. The molecule has 0 aliphatic heterocycles. The van der Waals surface area contributed by atoms with Crippen molar-refractivity contribution < 1.29 is 0 Å². The van der Waals surface area contributed by atoms with Crippen LogP contribution in [0.4, 0.5) is 0 Å². The SMILES string of the molecule is CC1CC(C)CC(C(NN)c2ccc3ccccc3c2)C1. The second kappa shape index (κ2) is 6.17. The Bertz CT molecular complexity index is 597. The van der Waals surface area contributed by atoms with E-state index in [1.165, 1.54) is 35.6 Å². The number of hydrogen-bond donors (Lipinski definition) is 2. The standard InChI is InChI=1S/C19H26N2/c1-13-9-14(2)11-18(10-13)19(21-20)17-8-7-15-5-3-4-6-16(15)12-17/h3-8,12-14,18-19,21H,9-11,20H2,1-2H3. The Kier molecular flexibility index (Phi) is 4.27. The van der Waals surface area contributed by atoms with Crippen LogP contribution in [0.1, 0.15) is 44.7 Å². The third kappa shape index (κ3) is 3.12. The summed E-state index contributed by atoms with van der Waals surface area (Å²) in [6.45, 7) is 4.74. The predicted octanol–water partition coefficient (Wildman–Crippen LogP) is 4.42. The summed E-state index contributed by atoms with van der Waals surface area (Å²) in [4.78, 5) is 0. The largest absolute Gasteiger partial charge is 0.271 e. The molecule has 0 heterocycles. The lowest BCUT2D eigenvalue weighted by atomic mass is 9.72. The van der Waals surface area contributed by atoms with Crippen molar-refractivity contribution in [2.45, 2.75) is 39.2 Å². The Labute approximate surface area is 127 Å². The van der Waals surface area contributed by atoms with Gasteiger partial charge in [0.15, 0.2) is 0 Å². The molecule has 2 aromatic carbocycles. The second-order valence-corrected chi connectivity index (χ2v) is 6.93. The molecule has 1 aliphatic carbocycles. The smallest absolute Gasteiger partial charge is 0.0488 e. The van der Waals surface area contributed by atoms with Crippen molar-refractivity contribution in [2.75, 3.05) is 0 Å². The van der Waals surface area contributed by atoms with E-state index in [2.05, 4.69) is 61.7 Å². The van der Waals surface area contributed by atoms with E-state index in [-0.39, 0.29) is 6.04 Å². The Balaban J connectivity index is 1.90. The number of fused-ring (bicyclic) bond motifs is 1. The number of hydrogen-bond acceptors (Lipinski definition) is 2. The number of rotatable bonds is 3. The van der Waals surface area contributed by atoms with E-state index in [4.69, 9.17) is 5.84 Å². The van der Waals surface area contributed by atoms with E-state index in [0.717, 1.165) is 11.8 Å².